The lowest BCUT2D eigenvalue weighted by atomic mass is 10.0. The second-order valence-corrected chi connectivity index (χ2v) is 4.69. The topological polar surface area (TPSA) is 44.1 Å². The molecule has 0 spiro atoms. The molecule has 1 aromatic rings. The fourth-order valence-electron chi connectivity index (χ4n) is 1.82. The van der Waals surface area contributed by atoms with E-state index in [9.17, 15) is 4.79 Å². The molecule has 0 bridgehead atoms. The smallest absolute Gasteiger partial charge is 0.159 e. The molecule has 96 valence electrons. The first-order valence-electron chi connectivity index (χ1n) is 6.21. The molecule has 0 radical (unpaired) electrons. The number of Topliss-reactive ketones (excluding diaryl/α,β-unsaturated/α-hetero) is 1. The van der Waals surface area contributed by atoms with Gasteiger partial charge in [0, 0.05) is 24.6 Å². The Bertz CT molecular complexity index is 431. The zero-order chi connectivity index (χ0) is 13.5. The molecular formula is C15H20N2O. The van der Waals surface area contributed by atoms with Gasteiger partial charge >= 0.3 is 0 Å². The van der Waals surface area contributed by atoms with Crippen molar-refractivity contribution in [1.82, 2.24) is 4.90 Å². The molecule has 18 heavy (non-hydrogen) atoms. The summed E-state index contributed by atoms with van der Waals surface area (Å²) in [6, 6.07) is 10.3. The van der Waals surface area contributed by atoms with Gasteiger partial charge in [-0.1, -0.05) is 24.3 Å². The van der Waals surface area contributed by atoms with Crippen LogP contribution in [0.5, 0.6) is 0 Å². The first kappa shape index (κ1) is 14.4. The molecule has 0 amide bonds. The zero-order valence-corrected chi connectivity index (χ0v) is 11.3. The number of carbonyl (C=O) groups is 1. The molecule has 0 aliphatic heterocycles. The number of rotatable bonds is 6. The minimum absolute atomic E-state index is 0.0979. The van der Waals surface area contributed by atoms with Gasteiger partial charge in [-0.3, -0.25) is 4.79 Å². The highest BCUT2D eigenvalue weighted by Gasteiger charge is 2.09. The summed E-state index contributed by atoms with van der Waals surface area (Å²) < 4.78 is 0. The summed E-state index contributed by atoms with van der Waals surface area (Å²) in [4.78, 5) is 13.3. The van der Waals surface area contributed by atoms with Crippen molar-refractivity contribution in [2.45, 2.75) is 32.7 Å². The lowest BCUT2D eigenvalue weighted by Gasteiger charge is -2.23. The fraction of sp³-hybridized carbons (Fsp3) is 0.467. The van der Waals surface area contributed by atoms with Crippen LogP contribution < -0.4 is 0 Å². The minimum atomic E-state index is 0.0979. The highest BCUT2D eigenvalue weighted by Crippen LogP contribution is 2.10. The minimum Gasteiger partial charge on any atom is -0.302 e. The van der Waals surface area contributed by atoms with Crippen molar-refractivity contribution in [2.24, 2.45) is 0 Å². The number of benzene rings is 1. The quantitative estimate of drug-likeness (QED) is 0.723. The second kappa shape index (κ2) is 6.93. The molecule has 1 aromatic carbocycles. The predicted octanol–water partition coefficient (Wildman–Crippen LogP) is 2.67. The number of hydrogen-bond acceptors (Lipinski definition) is 3. The standard InChI is InChI=1S/C15H20N2O/c1-12(17(3)10-4-9-16)11-14-5-7-15(8-6-14)13(2)18/h5-8,12H,4,10-11H2,1-3H3/t12-/m1/s1. The van der Waals surface area contributed by atoms with Crippen LogP contribution in [-0.2, 0) is 6.42 Å². The van der Waals surface area contributed by atoms with Gasteiger partial charge in [-0.15, -0.1) is 0 Å². The number of ketones is 1. The molecule has 0 heterocycles. The number of hydrogen-bond donors (Lipinski definition) is 0. The Labute approximate surface area is 109 Å². The fourth-order valence-corrected chi connectivity index (χ4v) is 1.82. The molecule has 3 nitrogen and oxygen atoms in total. The summed E-state index contributed by atoms with van der Waals surface area (Å²) in [5.74, 6) is 0.0979. The van der Waals surface area contributed by atoms with Crippen LogP contribution in [0.2, 0.25) is 0 Å². The van der Waals surface area contributed by atoms with Gasteiger partial charge in [-0.2, -0.15) is 5.26 Å². The average molecular weight is 244 g/mol. The molecule has 0 fully saturated rings. The van der Waals surface area contributed by atoms with Crippen LogP contribution in [0.4, 0.5) is 0 Å². The molecule has 0 saturated carbocycles. The summed E-state index contributed by atoms with van der Waals surface area (Å²) in [6.07, 6.45) is 1.49. The zero-order valence-electron chi connectivity index (χ0n) is 11.3. The molecule has 0 unspecified atom stereocenters. The second-order valence-electron chi connectivity index (χ2n) is 4.69. The Morgan fingerprint density at radius 2 is 2.00 bits per heavy atom. The first-order valence-corrected chi connectivity index (χ1v) is 6.21. The van der Waals surface area contributed by atoms with E-state index in [-0.39, 0.29) is 5.78 Å². The largest absolute Gasteiger partial charge is 0.302 e. The first-order chi connectivity index (χ1) is 8.54. The Balaban J connectivity index is 2.56. The maximum Gasteiger partial charge on any atom is 0.159 e. The van der Waals surface area contributed by atoms with E-state index in [4.69, 9.17) is 5.26 Å². The van der Waals surface area contributed by atoms with Gasteiger partial charge in [0.15, 0.2) is 5.78 Å². The molecule has 0 saturated heterocycles. The van der Waals surface area contributed by atoms with Crippen LogP contribution in [0.15, 0.2) is 24.3 Å². The van der Waals surface area contributed by atoms with Gasteiger partial charge < -0.3 is 4.90 Å². The van der Waals surface area contributed by atoms with E-state index in [1.807, 2.05) is 31.3 Å². The normalized spacial score (nSPS) is 12.2. The van der Waals surface area contributed by atoms with Crippen LogP contribution >= 0.6 is 0 Å². The van der Waals surface area contributed by atoms with Crippen molar-refractivity contribution in [2.75, 3.05) is 13.6 Å². The third-order valence-corrected chi connectivity index (χ3v) is 3.22. The summed E-state index contributed by atoms with van der Waals surface area (Å²) in [5, 5.41) is 8.56. The number of carbonyl (C=O) groups excluding carboxylic acids is 1. The van der Waals surface area contributed by atoms with Gasteiger partial charge in [-0.25, -0.2) is 0 Å². The van der Waals surface area contributed by atoms with Gasteiger partial charge in [0.25, 0.3) is 0 Å². The molecule has 0 N–H and O–H groups in total. The Morgan fingerprint density at radius 1 is 1.39 bits per heavy atom. The van der Waals surface area contributed by atoms with Crippen molar-refractivity contribution in [3.8, 4) is 6.07 Å². The van der Waals surface area contributed by atoms with E-state index >= 15 is 0 Å². The van der Waals surface area contributed by atoms with Gasteiger partial charge in [-0.05, 0) is 32.9 Å². The maximum atomic E-state index is 11.2. The van der Waals surface area contributed by atoms with Crippen molar-refractivity contribution in [1.29, 1.82) is 5.26 Å². The molecule has 0 aliphatic carbocycles. The van der Waals surface area contributed by atoms with Crippen LogP contribution in [0.3, 0.4) is 0 Å². The Kier molecular flexibility index (Phi) is 5.54. The number of nitriles is 1. The van der Waals surface area contributed by atoms with Gasteiger partial charge in [0.1, 0.15) is 0 Å². The monoisotopic (exact) mass is 244 g/mol. The number of nitrogens with zero attached hydrogens (tertiary/aromatic N) is 2. The third kappa shape index (κ3) is 4.31. The molecular weight excluding hydrogens is 224 g/mol. The highest BCUT2D eigenvalue weighted by molar-refractivity contribution is 5.93. The van der Waals surface area contributed by atoms with E-state index in [2.05, 4.69) is 17.9 Å². The lowest BCUT2D eigenvalue weighted by molar-refractivity contribution is 0.101. The van der Waals surface area contributed by atoms with Crippen LogP contribution in [0, 0.1) is 11.3 Å². The van der Waals surface area contributed by atoms with E-state index in [1.54, 1.807) is 6.92 Å². The van der Waals surface area contributed by atoms with Crippen molar-refractivity contribution < 1.29 is 4.79 Å². The van der Waals surface area contributed by atoms with E-state index < -0.39 is 0 Å². The van der Waals surface area contributed by atoms with Crippen molar-refractivity contribution in [3.05, 3.63) is 35.4 Å². The highest BCUT2D eigenvalue weighted by atomic mass is 16.1. The van der Waals surface area contributed by atoms with E-state index in [0.29, 0.717) is 12.5 Å². The maximum absolute atomic E-state index is 11.2. The van der Waals surface area contributed by atoms with Crippen LogP contribution in [0.1, 0.15) is 36.2 Å². The molecule has 1 rings (SSSR count). The molecule has 0 aliphatic rings. The van der Waals surface area contributed by atoms with Crippen molar-refractivity contribution >= 4 is 5.78 Å². The van der Waals surface area contributed by atoms with Crippen LogP contribution in [0.25, 0.3) is 0 Å². The lowest BCUT2D eigenvalue weighted by Crippen LogP contribution is -2.31. The number of likely N-dealkylation sites (N-methyl/N-ethyl adjacent to an activating group) is 1. The molecule has 1 atom stereocenters. The summed E-state index contributed by atoms with van der Waals surface area (Å²) in [6.45, 7) is 4.52. The Hall–Kier alpha value is -1.66. The van der Waals surface area contributed by atoms with Crippen LogP contribution in [-0.4, -0.2) is 30.3 Å². The molecule has 3 heteroatoms. The van der Waals surface area contributed by atoms with Gasteiger partial charge in [0.05, 0.1) is 6.07 Å². The summed E-state index contributed by atoms with van der Waals surface area (Å²) in [7, 11) is 2.03. The van der Waals surface area contributed by atoms with E-state index in [1.165, 1.54) is 5.56 Å². The SMILES string of the molecule is CC(=O)c1ccc(C[C@@H](C)N(C)CCC#N)cc1. The van der Waals surface area contributed by atoms with Gasteiger partial charge in [0.2, 0.25) is 0 Å². The van der Waals surface area contributed by atoms with E-state index in [0.717, 1.165) is 18.5 Å². The molecule has 0 aromatic heterocycles. The summed E-state index contributed by atoms with van der Waals surface area (Å²) in [5.41, 5.74) is 1.97. The average Bonchev–Trinajstić information content (AvgIpc) is 2.36. The van der Waals surface area contributed by atoms with Crippen molar-refractivity contribution in [3.63, 3.8) is 0 Å². The predicted molar refractivity (Wildman–Crippen MR) is 72.5 cm³/mol. The third-order valence-electron chi connectivity index (χ3n) is 3.22. The Morgan fingerprint density at radius 3 is 2.50 bits per heavy atom. The summed E-state index contributed by atoms with van der Waals surface area (Å²) >= 11 is 0.